The fourth-order valence-corrected chi connectivity index (χ4v) is 1.79. The van der Waals surface area contributed by atoms with Crippen molar-refractivity contribution in [2.45, 2.75) is 25.9 Å². The molecule has 0 spiro atoms. The third-order valence-electron chi connectivity index (χ3n) is 2.79. The third kappa shape index (κ3) is 4.30. The normalized spacial score (nSPS) is 10.7. The van der Waals surface area contributed by atoms with Gasteiger partial charge in [0.2, 0.25) is 0 Å². The molecule has 2 aromatic rings. The largest absolute Gasteiger partial charge is 0.313 e. The Kier molecular flexibility index (Phi) is 4.90. The van der Waals surface area contributed by atoms with Crippen molar-refractivity contribution in [1.29, 1.82) is 0 Å². The van der Waals surface area contributed by atoms with Gasteiger partial charge in [-0.05, 0) is 43.1 Å². The van der Waals surface area contributed by atoms with Gasteiger partial charge in [-0.15, -0.1) is 0 Å². The van der Waals surface area contributed by atoms with Crippen LogP contribution >= 0.6 is 0 Å². The Morgan fingerprint density at radius 1 is 1.17 bits per heavy atom. The summed E-state index contributed by atoms with van der Waals surface area (Å²) in [6.45, 7) is 2.73. The first-order valence-corrected chi connectivity index (χ1v) is 6.27. The van der Waals surface area contributed by atoms with Gasteiger partial charge in [-0.1, -0.05) is 12.1 Å². The first-order valence-electron chi connectivity index (χ1n) is 6.27. The van der Waals surface area contributed by atoms with Crippen LogP contribution in [0.25, 0.3) is 0 Å². The Balaban J connectivity index is 1.55. The van der Waals surface area contributed by atoms with E-state index in [4.69, 9.17) is 0 Å². The first-order chi connectivity index (χ1) is 8.84. The van der Waals surface area contributed by atoms with E-state index in [1.165, 1.54) is 12.1 Å². The highest BCUT2D eigenvalue weighted by Gasteiger charge is 1.94. The van der Waals surface area contributed by atoms with E-state index in [0.717, 1.165) is 38.0 Å². The van der Waals surface area contributed by atoms with Crippen molar-refractivity contribution in [1.82, 2.24) is 15.1 Å². The van der Waals surface area contributed by atoms with Gasteiger partial charge in [-0.25, -0.2) is 4.39 Å². The number of rotatable bonds is 7. The van der Waals surface area contributed by atoms with Crippen molar-refractivity contribution in [3.63, 3.8) is 0 Å². The minimum atomic E-state index is -0.182. The van der Waals surface area contributed by atoms with E-state index in [0.29, 0.717) is 0 Å². The molecule has 2 rings (SSSR count). The maximum Gasteiger partial charge on any atom is 0.123 e. The number of aryl methyl sites for hydroxylation is 1. The quantitative estimate of drug-likeness (QED) is 0.762. The molecule has 0 aliphatic carbocycles. The van der Waals surface area contributed by atoms with E-state index < -0.39 is 0 Å². The molecule has 0 amide bonds. The van der Waals surface area contributed by atoms with Crippen molar-refractivity contribution in [3.8, 4) is 0 Å². The molecule has 0 aliphatic heterocycles. The van der Waals surface area contributed by atoms with Gasteiger partial charge in [0.25, 0.3) is 0 Å². The summed E-state index contributed by atoms with van der Waals surface area (Å²) in [5, 5.41) is 7.50. The lowest BCUT2D eigenvalue weighted by Gasteiger charge is -2.05. The van der Waals surface area contributed by atoms with Crippen LogP contribution < -0.4 is 5.32 Å². The molecule has 1 N–H and O–H groups in total. The van der Waals surface area contributed by atoms with E-state index in [1.54, 1.807) is 6.20 Å². The average Bonchev–Trinajstić information content (AvgIpc) is 2.89. The van der Waals surface area contributed by atoms with E-state index in [9.17, 15) is 4.39 Å². The van der Waals surface area contributed by atoms with Crippen molar-refractivity contribution in [2.24, 2.45) is 0 Å². The summed E-state index contributed by atoms with van der Waals surface area (Å²) in [6, 6.07) is 8.55. The van der Waals surface area contributed by atoms with Crippen LogP contribution in [0, 0.1) is 5.82 Å². The molecule has 0 bridgehead atoms. The monoisotopic (exact) mass is 247 g/mol. The SMILES string of the molecule is Fc1ccc(CNCCCCn2cccn2)cc1. The van der Waals surface area contributed by atoms with Crippen LogP contribution in [0.4, 0.5) is 4.39 Å². The second kappa shape index (κ2) is 6.91. The maximum atomic E-state index is 12.7. The zero-order valence-corrected chi connectivity index (χ0v) is 10.3. The molecule has 3 nitrogen and oxygen atoms in total. The Morgan fingerprint density at radius 3 is 2.72 bits per heavy atom. The molecule has 18 heavy (non-hydrogen) atoms. The number of nitrogens with one attached hydrogen (secondary N) is 1. The molecule has 0 radical (unpaired) electrons. The fraction of sp³-hybridized carbons (Fsp3) is 0.357. The highest BCUT2D eigenvalue weighted by molar-refractivity contribution is 5.15. The Hall–Kier alpha value is -1.68. The van der Waals surface area contributed by atoms with Crippen LogP contribution in [-0.4, -0.2) is 16.3 Å². The van der Waals surface area contributed by atoms with E-state index in [2.05, 4.69) is 10.4 Å². The molecular weight excluding hydrogens is 229 g/mol. The van der Waals surface area contributed by atoms with Crippen molar-refractivity contribution < 1.29 is 4.39 Å². The van der Waals surface area contributed by atoms with E-state index in [-0.39, 0.29) is 5.82 Å². The minimum absolute atomic E-state index is 0.182. The van der Waals surface area contributed by atoms with Gasteiger partial charge in [-0.3, -0.25) is 4.68 Å². The summed E-state index contributed by atoms with van der Waals surface area (Å²) in [7, 11) is 0. The molecule has 0 fully saturated rings. The van der Waals surface area contributed by atoms with Crippen LogP contribution in [0.3, 0.4) is 0 Å². The topological polar surface area (TPSA) is 29.9 Å². The van der Waals surface area contributed by atoms with Gasteiger partial charge >= 0.3 is 0 Å². The molecule has 0 saturated heterocycles. The van der Waals surface area contributed by atoms with Gasteiger partial charge < -0.3 is 5.32 Å². The van der Waals surface area contributed by atoms with Crippen LogP contribution in [0.2, 0.25) is 0 Å². The number of hydrogen-bond acceptors (Lipinski definition) is 2. The Morgan fingerprint density at radius 2 is 2.00 bits per heavy atom. The van der Waals surface area contributed by atoms with Crippen LogP contribution in [0.1, 0.15) is 18.4 Å². The summed E-state index contributed by atoms with van der Waals surface area (Å²) in [4.78, 5) is 0. The van der Waals surface area contributed by atoms with Crippen molar-refractivity contribution in [3.05, 3.63) is 54.1 Å². The molecule has 4 heteroatoms. The summed E-state index contributed by atoms with van der Waals surface area (Å²) in [5.41, 5.74) is 1.11. The average molecular weight is 247 g/mol. The van der Waals surface area contributed by atoms with Crippen LogP contribution in [0.5, 0.6) is 0 Å². The number of halogens is 1. The summed E-state index contributed by atoms with van der Waals surface area (Å²) in [5.74, 6) is -0.182. The van der Waals surface area contributed by atoms with Gasteiger partial charge in [0, 0.05) is 25.5 Å². The maximum absolute atomic E-state index is 12.7. The molecule has 1 aromatic heterocycles. The Labute approximate surface area is 107 Å². The van der Waals surface area contributed by atoms with Crippen LogP contribution in [-0.2, 0) is 13.1 Å². The van der Waals surface area contributed by atoms with Crippen molar-refractivity contribution >= 4 is 0 Å². The van der Waals surface area contributed by atoms with E-state index in [1.807, 2.05) is 29.1 Å². The number of benzene rings is 1. The molecule has 0 saturated carbocycles. The smallest absolute Gasteiger partial charge is 0.123 e. The lowest BCUT2D eigenvalue weighted by molar-refractivity contribution is 0.535. The molecular formula is C14H18FN3. The fourth-order valence-electron chi connectivity index (χ4n) is 1.79. The minimum Gasteiger partial charge on any atom is -0.313 e. The van der Waals surface area contributed by atoms with Gasteiger partial charge in [-0.2, -0.15) is 5.10 Å². The lowest BCUT2D eigenvalue weighted by Crippen LogP contribution is -2.15. The summed E-state index contributed by atoms with van der Waals surface area (Å²) < 4.78 is 14.6. The standard InChI is InChI=1S/C14H18FN3/c15-14-6-4-13(5-7-14)12-16-8-1-2-10-18-11-3-9-17-18/h3-7,9,11,16H,1-2,8,10,12H2. The number of aromatic nitrogens is 2. The molecule has 1 aromatic carbocycles. The number of nitrogens with zero attached hydrogens (tertiary/aromatic N) is 2. The second-order valence-corrected chi connectivity index (χ2v) is 4.28. The predicted octanol–water partition coefficient (Wildman–Crippen LogP) is 2.59. The predicted molar refractivity (Wildman–Crippen MR) is 69.6 cm³/mol. The summed E-state index contributed by atoms with van der Waals surface area (Å²) in [6.07, 6.45) is 6.00. The Bertz CT molecular complexity index is 437. The van der Waals surface area contributed by atoms with Crippen LogP contribution in [0.15, 0.2) is 42.7 Å². The van der Waals surface area contributed by atoms with Gasteiger partial charge in [0.1, 0.15) is 5.82 Å². The number of unbranched alkanes of at least 4 members (excludes halogenated alkanes) is 1. The molecule has 96 valence electrons. The molecule has 0 atom stereocenters. The molecule has 0 aliphatic rings. The lowest BCUT2D eigenvalue weighted by atomic mass is 10.2. The van der Waals surface area contributed by atoms with Crippen molar-refractivity contribution in [2.75, 3.05) is 6.54 Å². The zero-order chi connectivity index (χ0) is 12.6. The zero-order valence-electron chi connectivity index (χ0n) is 10.3. The highest BCUT2D eigenvalue weighted by atomic mass is 19.1. The molecule has 0 unspecified atom stereocenters. The summed E-state index contributed by atoms with van der Waals surface area (Å²) >= 11 is 0. The number of hydrogen-bond donors (Lipinski definition) is 1. The highest BCUT2D eigenvalue weighted by Crippen LogP contribution is 2.02. The molecule has 1 heterocycles. The van der Waals surface area contributed by atoms with Gasteiger partial charge in [0.05, 0.1) is 0 Å². The third-order valence-corrected chi connectivity index (χ3v) is 2.79. The van der Waals surface area contributed by atoms with Gasteiger partial charge in [0.15, 0.2) is 0 Å². The second-order valence-electron chi connectivity index (χ2n) is 4.28. The van der Waals surface area contributed by atoms with E-state index >= 15 is 0 Å². The first kappa shape index (κ1) is 12.8.